The standard InChI is InChI=1S/C22H24N2O4/c1-27-20-10-3-2-6-16(20)11-12-21(25)24-18-8-4-7-17(14-18)22(26)23-15-19-9-5-13-28-19/h2-4,6-8,10-12,14,19H,5,9,13,15H2,1H3,(H,23,26)(H,24,25)/b12-11+. The Morgan fingerprint density at radius 2 is 2.07 bits per heavy atom. The Morgan fingerprint density at radius 3 is 2.86 bits per heavy atom. The lowest BCUT2D eigenvalue weighted by molar-refractivity contribution is -0.111. The molecule has 6 nitrogen and oxygen atoms in total. The molecule has 1 aliphatic rings. The van der Waals surface area contributed by atoms with E-state index in [1.165, 1.54) is 6.08 Å². The van der Waals surface area contributed by atoms with Crippen LogP contribution in [0, 0.1) is 0 Å². The molecule has 0 spiro atoms. The number of carbonyl (C=O) groups is 2. The summed E-state index contributed by atoms with van der Waals surface area (Å²) in [6, 6.07) is 14.3. The zero-order chi connectivity index (χ0) is 19.8. The highest BCUT2D eigenvalue weighted by molar-refractivity contribution is 6.03. The van der Waals surface area contributed by atoms with Gasteiger partial charge in [0.05, 0.1) is 13.2 Å². The van der Waals surface area contributed by atoms with Gasteiger partial charge in [0.2, 0.25) is 5.91 Å². The number of methoxy groups -OCH3 is 1. The number of hydrogen-bond donors (Lipinski definition) is 2. The van der Waals surface area contributed by atoms with Gasteiger partial charge in [-0.1, -0.05) is 24.3 Å². The zero-order valence-electron chi connectivity index (χ0n) is 15.8. The molecular weight excluding hydrogens is 356 g/mol. The third-order valence-corrected chi connectivity index (χ3v) is 4.46. The SMILES string of the molecule is COc1ccccc1/C=C/C(=O)Nc1cccc(C(=O)NCC2CCCO2)c1. The Bertz CT molecular complexity index is 857. The average molecular weight is 380 g/mol. The van der Waals surface area contributed by atoms with Gasteiger partial charge in [-0.3, -0.25) is 9.59 Å². The van der Waals surface area contributed by atoms with Crippen molar-refractivity contribution in [2.24, 2.45) is 0 Å². The molecule has 0 aliphatic carbocycles. The number of amides is 2. The molecule has 0 radical (unpaired) electrons. The Balaban J connectivity index is 1.58. The number of anilines is 1. The maximum atomic E-state index is 12.3. The monoisotopic (exact) mass is 380 g/mol. The quantitative estimate of drug-likeness (QED) is 0.723. The molecule has 0 bridgehead atoms. The first-order valence-corrected chi connectivity index (χ1v) is 9.27. The van der Waals surface area contributed by atoms with Gasteiger partial charge >= 0.3 is 0 Å². The molecule has 1 fully saturated rings. The lowest BCUT2D eigenvalue weighted by Crippen LogP contribution is -2.31. The summed E-state index contributed by atoms with van der Waals surface area (Å²) < 4.78 is 10.8. The van der Waals surface area contributed by atoms with Crippen LogP contribution in [-0.4, -0.2) is 38.2 Å². The second-order valence-corrected chi connectivity index (χ2v) is 6.49. The van der Waals surface area contributed by atoms with Crippen LogP contribution in [0.3, 0.4) is 0 Å². The Hall–Kier alpha value is -3.12. The van der Waals surface area contributed by atoms with Crippen molar-refractivity contribution < 1.29 is 19.1 Å². The fourth-order valence-corrected chi connectivity index (χ4v) is 3.01. The molecular formula is C22H24N2O4. The highest BCUT2D eigenvalue weighted by Gasteiger charge is 2.16. The lowest BCUT2D eigenvalue weighted by Gasteiger charge is -2.11. The summed E-state index contributed by atoms with van der Waals surface area (Å²) in [4.78, 5) is 24.5. The number of para-hydroxylation sites is 1. The van der Waals surface area contributed by atoms with E-state index in [2.05, 4.69) is 10.6 Å². The van der Waals surface area contributed by atoms with E-state index < -0.39 is 0 Å². The summed E-state index contributed by atoms with van der Waals surface area (Å²) in [7, 11) is 1.59. The van der Waals surface area contributed by atoms with E-state index in [9.17, 15) is 9.59 Å². The van der Waals surface area contributed by atoms with Crippen LogP contribution < -0.4 is 15.4 Å². The number of benzene rings is 2. The van der Waals surface area contributed by atoms with Crippen LogP contribution in [0.5, 0.6) is 5.75 Å². The van der Waals surface area contributed by atoms with E-state index in [1.807, 2.05) is 24.3 Å². The number of carbonyl (C=O) groups excluding carboxylic acids is 2. The molecule has 28 heavy (non-hydrogen) atoms. The fourth-order valence-electron chi connectivity index (χ4n) is 3.01. The molecule has 6 heteroatoms. The van der Waals surface area contributed by atoms with Crippen LogP contribution in [0.15, 0.2) is 54.6 Å². The van der Waals surface area contributed by atoms with Gasteiger partial charge in [0.15, 0.2) is 0 Å². The molecule has 1 unspecified atom stereocenters. The van der Waals surface area contributed by atoms with Gasteiger partial charge in [0.1, 0.15) is 5.75 Å². The minimum atomic E-state index is -0.289. The van der Waals surface area contributed by atoms with Crippen LogP contribution in [0.4, 0.5) is 5.69 Å². The zero-order valence-corrected chi connectivity index (χ0v) is 15.8. The van der Waals surface area contributed by atoms with Crippen molar-refractivity contribution in [3.63, 3.8) is 0 Å². The van der Waals surface area contributed by atoms with Crippen LogP contribution >= 0.6 is 0 Å². The highest BCUT2D eigenvalue weighted by atomic mass is 16.5. The summed E-state index contributed by atoms with van der Waals surface area (Å²) in [6.07, 6.45) is 5.21. The second kappa shape index (κ2) is 9.71. The molecule has 0 saturated carbocycles. The van der Waals surface area contributed by atoms with Gasteiger partial charge in [0, 0.05) is 36.0 Å². The van der Waals surface area contributed by atoms with Crippen molar-refractivity contribution in [2.75, 3.05) is 25.6 Å². The first-order chi connectivity index (χ1) is 13.7. The van der Waals surface area contributed by atoms with Gasteiger partial charge in [0.25, 0.3) is 5.91 Å². The lowest BCUT2D eigenvalue weighted by atomic mass is 10.1. The number of nitrogens with one attached hydrogen (secondary N) is 2. The number of hydrogen-bond acceptors (Lipinski definition) is 4. The first kappa shape index (κ1) is 19.6. The molecule has 1 aliphatic heterocycles. The second-order valence-electron chi connectivity index (χ2n) is 6.49. The summed E-state index contributed by atoms with van der Waals surface area (Å²) >= 11 is 0. The molecule has 146 valence electrons. The average Bonchev–Trinajstić information content (AvgIpc) is 3.24. The largest absolute Gasteiger partial charge is 0.496 e. The number of rotatable bonds is 7. The Morgan fingerprint density at radius 1 is 1.21 bits per heavy atom. The topological polar surface area (TPSA) is 76.7 Å². The molecule has 1 heterocycles. The summed E-state index contributed by atoms with van der Waals surface area (Å²) in [5, 5.41) is 5.65. The van der Waals surface area contributed by atoms with E-state index in [0.29, 0.717) is 23.5 Å². The predicted molar refractivity (Wildman–Crippen MR) is 108 cm³/mol. The van der Waals surface area contributed by atoms with Crippen LogP contribution in [0.25, 0.3) is 6.08 Å². The molecule has 1 atom stereocenters. The molecule has 2 aromatic rings. The maximum Gasteiger partial charge on any atom is 0.251 e. The summed E-state index contributed by atoms with van der Waals surface area (Å²) in [5.41, 5.74) is 1.85. The smallest absolute Gasteiger partial charge is 0.251 e. The van der Waals surface area contributed by atoms with Gasteiger partial charge in [-0.25, -0.2) is 0 Å². The predicted octanol–water partition coefficient (Wildman–Crippen LogP) is 3.26. The third kappa shape index (κ3) is 5.44. The van der Waals surface area contributed by atoms with E-state index in [4.69, 9.17) is 9.47 Å². The van der Waals surface area contributed by atoms with Crippen molar-refractivity contribution in [1.29, 1.82) is 0 Å². The minimum absolute atomic E-state index is 0.0898. The van der Waals surface area contributed by atoms with Crippen molar-refractivity contribution in [2.45, 2.75) is 18.9 Å². The molecule has 0 aromatic heterocycles. The van der Waals surface area contributed by atoms with Crippen molar-refractivity contribution in [3.8, 4) is 5.75 Å². The van der Waals surface area contributed by atoms with Gasteiger partial charge in [-0.2, -0.15) is 0 Å². The Kier molecular flexibility index (Phi) is 6.81. The minimum Gasteiger partial charge on any atom is -0.496 e. The van der Waals surface area contributed by atoms with Gasteiger partial charge in [-0.15, -0.1) is 0 Å². The molecule has 2 aromatic carbocycles. The van der Waals surface area contributed by atoms with Crippen LogP contribution in [-0.2, 0) is 9.53 Å². The van der Waals surface area contributed by atoms with Crippen LogP contribution in [0.1, 0.15) is 28.8 Å². The van der Waals surface area contributed by atoms with Crippen molar-refractivity contribution in [1.82, 2.24) is 5.32 Å². The third-order valence-electron chi connectivity index (χ3n) is 4.46. The molecule has 3 rings (SSSR count). The Labute approximate surface area is 164 Å². The van der Waals surface area contributed by atoms with E-state index in [-0.39, 0.29) is 17.9 Å². The molecule has 1 saturated heterocycles. The van der Waals surface area contributed by atoms with Crippen LogP contribution in [0.2, 0.25) is 0 Å². The normalized spacial score (nSPS) is 16.1. The summed E-state index contributed by atoms with van der Waals surface area (Å²) in [6.45, 7) is 1.25. The van der Waals surface area contributed by atoms with Gasteiger partial charge < -0.3 is 20.1 Å². The van der Waals surface area contributed by atoms with E-state index in [1.54, 1.807) is 37.5 Å². The van der Waals surface area contributed by atoms with Crippen molar-refractivity contribution >= 4 is 23.6 Å². The maximum absolute atomic E-state index is 12.3. The highest BCUT2D eigenvalue weighted by Crippen LogP contribution is 2.19. The number of ether oxygens (including phenoxy) is 2. The van der Waals surface area contributed by atoms with Gasteiger partial charge in [-0.05, 0) is 43.2 Å². The molecule has 2 amide bonds. The first-order valence-electron chi connectivity index (χ1n) is 9.27. The fraction of sp³-hybridized carbons (Fsp3) is 0.273. The molecule has 2 N–H and O–H groups in total. The van der Waals surface area contributed by atoms with E-state index >= 15 is 0 Å². The van der Waals surface area contributed by atoms with E-state index in [0.717, 1.165) is 25.0 Å². The summed E-state index contributed by atoms with van der Waals surface area (Å²) in [5.74, 6) is 0.218. The van der Waals surface area contributed by atoms with Crippen molar-refractivity contribution in [3.05, 3.63) is 65.7 Å².